The zero-order chi connectivity index (χ0) is 15.0. The van der Waals surface area contributed by atoms with Gasteiger partial charge in [0, 0.05) is 30.5 Å². The van der Waals surface area contributed by atoms with Crippen LogP contribution in [0, 0.1) is 0 Å². The number of nitrogens with one attached hydrogen (secondary N) is 2. The molecule has 1 aromatic rings. The van der Waals surface area contributed by atoms with Crippen LogP contribution in [0.15, 0.2) is 24.3 Å². The first-order valence-corrected chi connectivity index (χ1v) is 7.10. The van der Waals surface area contributed by atoms with Gasteiger partial charge in [-0.25, -0.2) is 0 Å². The third kappa shape index (κ3) is 6.24. The first-order valence-electron chi connectivity index (χ1n) is 5.94. The molecule has 108 valence electrons. The SMILES string of the molecule is CC(=O)Nc1ccc(C(=O)NCCSCC(=O)O)cc1. The highest BCUT2D eigenvalue weighted by Gasteiger charge is 2.05. The van der Waals surface area contributed by atoms with Crippen molar-refractivity contribution < 1.29 is 19.5 Å². The molecule has 0 unspecified atom stereocenters. The summed E-state index contributed by atoms with van der Waals surface area (Å²) in [6, 6.07) is 6.53. The molecule has 7 heteroatoms. The van der Waals surface area contributed by atoms with Crippen LogP contribution >= 0.6 is 11.8 Å². The predicted octanol–water partition coefficient (Wildman–Crippen LogP) is 1.19. The van der Waals surface area contributed by atoms with Crippen LogP contribution in [0.4, 0.5) is 5.69 Å². The molecule has 0 heterocycles. The van der Waals surface area contributed by atoms with Crippen LogP contribution in [0.3, 0.4) is 0 Å². The molecule has 20 heavy (non-hydrogen) atoms. The number of thioether (sulfide) groups is 1. The van der Waals surface area contributed by atoms with Crippen molar-refractivity contribution in [2.45, 2.75) is 6.92 Å². The fourth-order valence-electron chi connectivity index (χ4n) is 1.41. The Labute approximate surface area is 120 Å². The number of hydrogen-bond acceptors (Lipinski definition) is 4. The number of aliphatic carboxylic acids is 1. The maximum Gasteiger partial charge on any atom is 0.313 e. The third-order valence-electron chi connectivity index (χ3n) is 2.22. The number of benzene rings is 1. The van der Waals surface area contributed by atoms with Crippen LogP contribution < -0.4 is 10.6 Å². The van der Waals surface area contributed by atoms with Gasteiger partial charge in [-0.3, -0.25) is 14.4 Å². The average Bonchev–Trinajstić information content (AvgIpc) is 2.38. The van der Waals surface area contributed by atoms with Gasteiger partial charge >= 0.3 is 5.97 Å². The second-order valence-corrected chi connectivity index (χ2v) is 5.07. The molecule has 0 aliphatic heterocycles. The lowest BCUT2D eigenvalue weighted by Crippen LogP contribution is -2.26. The van der Waals surface area contributed by atoms with E-state index in [1.54, 1.807) is 24.3 Å². The monoisotopic (exact) mass is 296 g/mol. The van der Waals surface area contributed by atoms with Gasteiger partial charge in [-0.15, -0.1) is 11.8 Å². The molecule has 1 rings (SSSR count). The van der Waals surface area contributed by atoms with Crippen molar-refractivity contribution in [2.75, 3.05) is 23.4 Å². The third-order valence-corrected chi connectivity index (χ3v) is 3.17. The van der Waals surface area contributed by atoms with Crippen molar-refractivity contribution in [2.24, 2.45) is 0 Å². The van der Waals surface area contributed by atoms with Crippen molar-refractivity contribution in [3.8, 4) is 0 Å². The van der Waals surface area contributed by atoms with E-state index in [4.69, 9.17) is 5.11 Å². The summed E-state index contributed by atoms with van der Waals surface area (Å²) in [5.41, 5.74) is 1.12. The minimum atomic E-state index is -0.866. The van der Waals surface area contributed by atoms with E-state index in [-0.39, 0.29) is 17.6 Å². The number of anilines is 1. The minimum absolute atomic E-state index is 0.0291. The van der Waals surface area contributed by atoms with E-state index in [2.05, 4.69) is 10.6 Å². The van der Waals surface area contributed by atoms with Crippen LogP contribution in [0.25, 0.3) is 0 Å². The van der Waals surface area contributed by atoms with Gasteiger partial charge in [0.15, 0.2) is 0 Å². The zero-order valence-electron chi connectivity index (χ0n) is 11.0. The van der Waals surface area contributed by atoms with Crippen molar-refractivity contribution in [3.05, 3.63) is 29.8 Å². The maximum absolute atomic E-state index is 11.8. The molecule has 3 N–H and O–H groups in total. The summed E-state index contributed by atoms with van der Waals surface area (Å²) in [5.74, 6) is -0.689. The topological polar surface area (TPSA) is 95.5 Å². The zero-order valence-corrected chi connectivity index (χ0v) is 11.8. The van der Waals surface area contributed by atoms with E-state index < -0.39 is 5.97 Å². The summed E-state index contributed by atoms with van der Waals surface area (Å²) < 4.78 is 0. The van der Waals surface area contributed by atoms with Gasteiger partial charge in [0.05, 0.1) is 5.75 Å². The van der Waals surface area contributed by atoms with E-state index in [1.807, 2.05) is 0 Å². The number of hydrogen-bond donors (Lipinski definition) is 3. The van der Waals surface area contributed by atoms with Crippen LogP contribution in [0.1, 0.15) is 17.3 Å². The number of carbonyl (C=O) groups excluding carboxylic acids is 2. The van der Waals surface area contributed by atoms with Crippen molar-refractivity contribution in [1.29, 1.82) is 0 Å². The Hall–Kier alpha value is -2.02. The molecule has 0 aliphatic rings. The quantitative estimate of drug-likeness (QED) is 0.657. The Morgan fingerprint density at radius 3 is 2.40 bits per heavy atom. The highest BCUT2D eigenvalue weighted by Crippen LogP contribution is 2.09. The number of carboxylic acids is 1. The van der Waals surface area contributed by atoms with Gasteiger partial charge in [-0.1, -0.05) is 0 Å². The second kappa shape index (κ2) is 8.21. The lowest BCUT2D eigenvalue weighted by Gasteiger charge is -2.06. The molecule has 0 radical (unpaired) electrons. The molecule has 0 saturated carbocycles. The Morgan fingerprint density at radius 1 is 1.20 bits per heavy atom. The Balaban J connectivity index is 2.36. The second-order valence-electron chi connectivity index (χ2n) is 3.96. The van der Waals surface area contributed by atoms with Gasteiger partial charge in [-0.05, 0) is 24.3 Å². The molecule has 0 aromatic heterocycles. The van der Waals surface area contributed by atoms with E-state index in [0.29, 0.717) is 23.5 Å². The van der Waals surface area contributed by atoms with Gasteiger partial charge in [-0.2, -0.15) is 0 Å². The molecule has 2 amide bonds. The van der Waals surface area contributed by atoms with Crippen LogP contribution in [-0.2, 0) is 9.59 Å². The van der Waals surface area contributed by atoms with Crippen molar-refractivity contribution >= 4 is 35.2 Å². The summed E-state index contributed by atoms with van der Waals surface area (Å²) >= 11 is 1.25. The molecule has 0 fully saturated rings. The Kier molecular flexibility index (Phi) is 6.58. The summed E-state index contributed by atoms with van der Waals surface area (Å²) in [6.07, 6.45) is 0. The average molecular weight is 296 g/mol. The van der Waals surface area contributed by atoms with E-state index in [1.165, 1.54) is 18.7 Å². The van der Waals surface area contributed by atoms with Crippen LogP contribution in [0.2, 0.25) is 0 Å². The van der Waals surface area contributed by atoms with Gasteiger partial charge in [0.2, 0.25) is 5.91 Å². The van der Waals surface area contributed by atoms with Gasteiger partial charge in [0.25, 0.3) is 5.91 Å². The molecule has 0 spiro atoms. The summed E-state index contributed by atoms with van der Waals surface area (Å²) in [6.45, 7) is 1.82. The number of carbonyl (C=O) groups is 3. The predicted molar refractivity (Wildman–Crippen MR) is 78.0 cm³/mol. The van der Waals surface area contributed by atoms with Gasteiger partial charge in [0.1, 0.15) is 0 Å². The fraction of sp³-hybridized carbons (Fsp3) is 0.308. The molecule has 0 saturated heterocycles. The number of amides is 2. The normalized spacial score (nSPS) is 9.85. The molecule has 6 nitrogen and oxygen atoms in total. The summed E-state index contributed by atoms with van der Waals surface area (Å²) in [5, 5.41) is 13.8. The Bertz CT molecular complexity index is 488. The lowest BCUT2D eigenvalue weighted by molar-refractivity contribution is -0.133. The lowest BCUT2D eigenvalue weighted by atomic mass is 10.2. The number of rotatable bonds is 7. The van der Waals surface area contributed by atoms with Crippen LogP contribution in [0.5, 0.6) is 0 Å². The first kappa shape index (κ1) is 16.0. The Morgan fingerprint density at radius 2 is 1.85 bits per heavy atom. The molecule has 0 aliphatic carbocycles. The molecule has 1 aromatic carbocycles. The highest BCUT2D eigenvalue weighted by atomic mass is 32.2. The maximum atomic E-state index is 11.8. The molecular formula is C13H16N2O4S. The number of carboxylic acid groups (broad SMARTS) is 1. The van der Waals surface area contributed by atoms with Gasteiger partial charge < -0.3 is 15.7 Å². The van der Waals surface area contributed by atoms with E-state index >= 15 is 0 Å². The van der Waals surface area contributed by atoms with E-state index in [9.17, 15) is 14.4 Å². The smallest absolute Gasteiger partial charge is 0.313 e. The molecule has 0 atom stereocenters. The molecular weight excluding hydrogens is 280 g/mol. The van der Waals surface area contributed by atoms with Crippen LogP contribution in [-0.4, -0.2) is 40.9 Å². The first-order chi connectivity index (χ1) is 9.49. The largest absolute Gasteiger partial charge is 0.481 e. The highest BCUT2D eigenvalue weighted by molar-refractivity contribution is 7.99. The minimum Gasteiger partial charge on any atom is -0.481 e. The summed E-state index contributed by atoms with van der Waals surface area (Å²) in [4.78, 5) is 32.9. The van der Waals surface area contributed by atoms with Crippen molar-refractivity contribution in [1.82, 2.24) is 5.32 Å². The van der Waals surface area contributed by atoms with Crippen molar-refractivity contribution in [3.63, 3.8) is 0 Å². The summed E-state index contributed by atoms with van der Waals surface area (Å²) in [7, 11) is 0. The fourth-order valence-corrected chi connectivity index (χ4v) is 1.97. The molecule has 0 bridgehead atoms. The van der Waals surface area contributed by atoms with E-state index in [0.717, 1.165) is 0 Å². The standard InChI is InChI=1S/C13H16N2O4S/c1-9(16)15-11-4-2-10(3-5-11)13(19)14-6-7-20-8-12(17)18/h2-5H,6-8H2,1H3,(H,14,19)(H,15,16)(H,17,18).